The minimum atomic E-state index is -1.58. The summed E-state index contributed by atoms with van der Waals surface area (Å²) in [5, 5.41) is 14.8. The van der Waals surface area contributed by atoms with E-state index in [-0.39, 0.29) is 12.7 Å². The van der Waals surface area contributed by atoms with Crippen LogP contribution in [0.3, 0.4) is 0 Å². The Hall–Kier alpha value is -3.27. The lowest BCUT2D eigenvalue weighted by atomic mass is 9.92. The maximum absolute atomic E-state index is 12.3. The molecule has 4 atom stereocenters. The van der Waals surface area contributed by atoms with Gasteiger partial charge in [-0.2, -0.15) is 10.4 Å². The summed E-state index contributed by atoms with van der Waals surface area (Å²) in [7, 11) is 3.71. The second kappa shape index (κ2) is 9.31. The van der Waals surface area contributed by atoms with E-state index in [9.17, 15) is 10.1 Å². The molecule has 4 heterocycles. The number of aliphatic imine (C=N–C) groups is 1. The Balaban J connectivity index is 1.44. The van der Waals surface area contributed by atoms with E-state index in [1.807, 2.05) is 14.1 Å². The van der Waals surface area contributed by atoms with E-state index >= 15 is 0 Å². The van der Waals surface area contributed by atoms with Crippen molar-refractivity contribution in [2.75, 3.05) is 20.7 Å². The molecule has 1 saturated carbocycles. The number of rotatable bonds is 6. The fourth-order valence-electron chi connectivity index (χ4n) is 5.03. The number of hydrogen-bond acceptors (Lipinski definition) is 10. The summed E-state index contributed by atoms with van der Waals surface area (Å²) in [6.45, 7) is 3.39. The maximum atomic E-state index is 12.3. The molecule has 0 bridgehead atoms. The Kier molecular flexibility index (Phi) is 6.32. The number of carbonyl (C=O) groups excluding carboxylic acids is 1. The van der Waals surface area contributed by atoms with Crippen LogP contribution < -0.4 is 0 Å². The van der Waals surface area contributed by atoms with Gasteiger partial charge in [-0.15, -0.1) is 0 Å². The first kappa shape index (κ1) is 24.4. The zero-order chi connectivity index (χ0) is 25.5. The molecule has 0 amide bonds. The smallest absolute Gasteiger partial charge is 0.431 e. The molecule has 1 aliphatic carbocycles. The van der Waals surface area contributed by atoms with E-state index in [0.29, 0.717) is 17.0 Å². The van der Waals surface area contributed by atoms with Crippen molar-refractivity contribution in [2.24, 2.45) is 4.99 Å². The molecule has 0 unspecified atom stereocenters. The third-order valence-electron chi connectivity index (χ3n) is 6.55. The number of carbonyl (C=O) groups is 1. The fourth-order valence-corrected chi connectivity index (χ4v) is 5.03. The van der Waals surface area contributed by atoms with Crippen molar-refractivity contribution in [3.8, 4) is 6.07 Å². The molecule has 3 fully saturated rings. The minimum absolute atomic E-state index is 0.117. The van der Waals surface area contributed by atoms with Crippen molar-refractivity contribution in [3.63, 3.8) is 0 Å². The first-order chi connectivity index (χ1) is 17.2. The number of ether oxygens (including phenoxy) is 5. The number of hydrogen-bond donors (Lipinski definition) is 0. The third-order valence-corrected chi connectivity index (χ3v) is 6.55. The Morgan fingerprint density at radius 3 is 2.81 bits per heavy atom. The normalized spacial score (nSPS) is 29.5. The van der Waals surface area contributed by atoms with E-state index in [1.54, 1.807) is 41.7 Å². The quantitative estimate of drug-likeness (QED) is 0.332. The molecule has 3 aliphatic rings. The predicted molar refractivity (Wildman–Crippen MR) is 126 cm³/mol. The van der Waals surface area contributed by atoms with E-state index in [2.05, 4.69) is 21.1 Å². The molecular weight excluding hydrogens is 468 g/mol. The minimum Gasteiger partial charge on any atom is -0.431 e. The standard InChI is InChI=1S/C24H30N6O6/c1-23(2)35-19-17(11-32-22(31)33-15-7-5-6-8-15)34-24(12-25,20(19)36-23)18-10-9-16-21(27-14-29(3)4)26-13-28-30(16)18/h9-10,13-15,17,19-20H,5-8,11H2,1-4H3/b27-14-/t17-,19-,20-,24+/m1/s1. The van der Waals surface area contributed by atoms with Crippen LogP contribution in [0, 0.1) is 11.3 Å². The lowest BCUT2D eigenvalue weighted by molar-refractivity contribution is -0.205. The SMILES string of the molecule is CN(C)/C=N\c1ncnn2c([C@]3(C#N)O[C@H](COC(=O)OC4CCCC4)[C@H]4OC(C)(C)O[C@H]43)ccc12. The van der Waals surface area contributed by atoms with Gasteiger partial charge < -0.3 is 28.6 Å². The molecule has 12 heteroatoms. The molecule has 2 saturated heterocycles. The third kappa shape index (κ3) is 4.38. The van der Waals surface area contributed by atoms with Crippen LogP contribution in [-0.2, 0) is 29.3 Å². The van der Waals surface area contributed by atoms with Crippen molar-refractivity contribution in [3.05, 3.63) is 24.2 Å². The summed E-state index contributed by atoms with van der Waals surface area (Å²) in [5.74, 6) is -0.529. The van der Waals surface area contributed by atoms with Gasteiger partial charge in [0.25, 0.3) is 0 Å². The van der Waals surface area contributed by atoms with Crippen LogP contribution in [0.25, 0.3) is 5.52 Å². The molecule has 2 aromatic heterocycles. The first-order valence-corrected chi connectivity index (χ1v) is 12.0. The van der Waals surface area contributed by atoms with E-state index in [1.165, 1.54) is 6.33 Å². The van der Waals surface area contributed by atoms with Crippen LogP contribution in [0.2, 0.25) is 0 Å². The van der Waals surface area contributed by atoms with Crippen molar-refractivity contribution in [2.45, 2.75) is 75.3 Å². The number of nitrogens with zero attached hydrogens (tertiary/aromatic N) is 6. The highest BCUT2D eigenvalue weighted by atomic mass is 16.8. The number of nitriles is 1. The highest BCUT2D eigenvalue weighted by Crippen LogP contribution is 2.49. The van der Waals surface area contributed by atoms with E-state index < -0.39 is 35.9 Å². The van der Waals surface area contributed by atoms with Crippen LogP contribution in [-0.4, -0.2) is 82.9 Å². The largest absolute Gasteiger partial charge is 0.508 e. The predicted octanol–water partition coefficient (Wildman–Crippen LogP) is 2.68. The second-order valence-electron chi connectivity index (χ2n) is 9.92. The van der Waals surface area contributed by atoms with Crippen molar-refractivity contribution >= 4 is 23.8 Å². The summed E-state index contributed by atoms with van der Waals surface area (Å²) in [5.41, 5.74) is -0.542. The summed E-state index contributed by atoms with van der Waals surface area (Å²) in [4.78, 5) is 22.7. The van der Waals surface area contributed by atoms with Crippen LogP contribution in [0.1, 0.15) is 45.2 Å². The van der Waals surface area contributed by atoms with E-state index in [0.717, 1.165) is 25.7 Å². The maximum Gasteiger partial charge on any atom is 0.508 e. The van der Waals surface area contributed by atoms with Crippen molar-refractivity contribution in [1.82, 2.24) is 19.5 Å². The van der Waals surface area contributed by atoms with Gasteiger partial charge >= 0.3 is 6.16 Å². The molecule has 2 aliphatic heterocycles. The van der Waals surface area contributed by atoms with Gasteiger partial charge in [0.2, 0.25) is 5.60 Å². The average molecular weight is 499 g/mol. The molecule has 0 radical (unpaired) electrons. The zero-order valence-electron chi connectivity index (χ0n) is 20.8. The van der Waals surface area contributed by atoms with E-state index in [4.69, 9.17) is 23.7 Å². The summed E-state index contributed by atoms with van der Waals surface area (Å²) < 4.78 is 30.9. The van der Waals surface area contributed by atoms with Crippen molar-refractivity contribution < 1.29 is 28.5 Å². The molecule has 12 nitrogen and oxygen atoms in total. The molecule has 2 aromatic rings. The zero-order valence-corrected chi connectivity index (χ0v) is 20.8. The molecule has 0 N–H and O–H groups in total. The Labute approximate surface area is 208 Å². The van der Waals surface area contributed by atoms with Gasteiger partial charge in [0.15, 0.2) is 11.6 Å². The van der Waals surface area contributed by atoms with Crippen LogP contribution >= 0.6 is 0 Å². The van der Waals surface area contributed by atoms with Gasteiger partial charge in [-0.25, -0.2) is 19.3 Å². The lowest BCUT2D eigenvalue weighted by Gasteiger charge is -2.28. The number of fused-ring (bicyclic) bond motifs is 2. The molecule has 0 aromatic carbocycles. The van der Waals surface area contributed by atoms with Crippen LogP contribution in [0.15, 0.2) is 23.5 Å². The van der Waals surface area contributed by atoms with Crippen LogP contribution in [0.4, 0.5) is 10.6 Å². The average Bonchev–Trinajstić information content (AvgIpc) is 3.60. The summed E-state index contributed by atoms with van der Waals surface area (Å²) in [6, 6.07) is 5.82. The second-order valence-corrected chi connectivity index (χ2v) is 9.92. The van der Waals surface area contributed by atoms with Crippen LogP contribution in [0.5, 0.6) is 0 Å². The highest BCUT2D eigenvalue weighted by Gasteiger charge is 2.65. The Morgan fingerprint density at radius 2 is 2.08 bits per heavy atom. The summed E-state index contributed by atoms with van der Waals surface area (Å²) in [6.07, 6.45) is 3.68. The van der Waals surface area contributed by atoms with Gasteiger partial charge in [0.05, 0.1) is 12.0 Å². The van der Waals surface area contributed by atoms with Gasteiger partial charge in [-0.05, 0) is 51.7 Å². The summed E-state index contributed by atoms with van der Waals surface area (Å²) >= 11 is 0. The van der Waals surface area contributed by atoms with Gasteiger partial charge in [0, 0.05) is 14.1 Å². The molecule has 0 spiro atoms. The Bertz CT molecular complexity index is 1200. The lowest BCUT2D eigenvalue weighted by Crippen LogP contribution is -2.40. The molecule has 192 valence electrons. The van der Waals surface area contributed by atoms with Crippen molar-refractivity contribution in [1.29, 1.82) is 5.26 Å². The highest BCUT2D eigenvalue weighted by molar-refractivity contribution is 5.71. The fraction of sp³-hybridized carbons (Fsp3) is 0.625. The number of aromatic nitrogens is 3. The Morgan fingerprint density at radius 1 is 1.31 bits per heavy atom. The van der Waals surface area contributed by atoms with Gasteiger partial charge in [-0.1, -0.05) is 0 Å². The van der Waals surface area contributed by atoms with Gasteiger partial charge in [0.1, 0.15) is 48.9 Å². The van der Waals surface area contributed by atoms with Gasteiger partial charge in [-0.3, -0.25) is 0 Å². The monoisotopic (exact) mass is 498 g/mol. The molecular formula is C24H30N6O6. The topological polar surface area (TPSA) is 133 Å². The first-order valence-electron chi connectivity index (χ1n) is 12.0. The molecule has 5 rings (SSSR count). The molecule has 36 heavy (non-hydrogen) atoms.